The van der Waals surface area contributed by atoms with E-state index in [4.69, 9.17) is 9.47 Å². The third-order valence-electron chi connectivity index (χ3n) is 4.80. The molecule has 2 aromatic rings. The van der Waals surface area contributed by atoms with Gasteiger partial charge in [0.25, 0.3) is 5.91 Å². The first-order valence-corrected chi connectivity index (χ1v) is 8.69. The molecule has 1 aromatic carbocycles. The number of amides is 1. The number of carbonyl (C=O) groups is 1. The van der Waals surface area contributed by atoms with Crippen LogP contribution in [0.4, 0.5) is 0 Å². The van der Waals surface area contributed by atoms with Crippen LogP contribution in [0.1, 0.15) is 47.3 Å². The summed E-state index contributed by atoms with van der Waals surface area (Å²) in [5, 5.41) is 7.13. The number of carbonyl (C=O) groups excluding carboxylic acids is 1. The van der Waals surface area contributed by atoms with Gasteiger partial charge in [0.2, 0.25) is 0 Å². The molecule has 1 saturated carbocycles. The topological polar surface area (TPSA) is 65.4 Å². The number of hydrogen-bond acceptors (Lipinski definition) is 4. The van der Waals surface area contributed by atoms with Gasteiger partial charge in [-0.05, 0) is 50.8 Å². The molecule has 1 amide bonds. The van der Waals surface area contributed by atoms with Crippen molar-refractivity contribution in [1.29, 1.82) is 0 Å². The van der Waals surface area contributed by atoms with Crippen molar-refractivity contribution in [2.24, 2.45) is 7.05 Å². The minimum atomic E-state index is -0.137. The van der Waals surface area contributed by atoms with Gasteiger partial charge >= 0.3 is 0 Å². The van der Waals surface area contributed by atoms with Gasteiger partial charge in [0, 0.05) is 30.4 Å². The molecule has 1 N–H and O–H groups in total. The van der Waals surface area contributed by atoms with E-state index in [-0.39, 0.29) is 12.0 Å². The Hall–Kier alpha value is -2.50. The van der Waals surface area contributed by atoms with Gasteiger partial charge in [0.1, 0.15) is 0 Å². The van der Waals surface area contributed by atoms with Crippen LogP contribution >= 0.6 is 0 Å². The molecule has 1 heterocycles. The zero-order valence-electron chi connectivity index (χ0n) is 15.0. The summed E-state index contributed by atoms with van der Waals surface area (Å²) in [6.07, 6.45) is 6.48. The summed E-state index contributed by atoms with van der Waals surface area (Å²) in [4.78, 5) is 12.5. The smallest absolute Gasteiger partial charge is 0.251 e. The lowest BCUT2D eigenvalue weighted by Crippen LogP contribution is -2.23. The Bertz CT molecular complexity index is 748. The Morgan fingerprint density at radius 3 is 2.72 bits per heavy atom. The van der Waals surface area contributed by atoms with E-state index in [2.05, 4.69) is 10.4 Å². The quantitative estimate of drug-likeness (QED) is 0.876. The summed E-state index contributed by atoms with van der Waals surface area (Å²) in [6.45, 7) is 2.43. The molecule has 6 nitrogen and oxygen atoms in total. The van der Waals surface area contributed by atoms with E-state index < -0.39 is 0 Å². The van der Waals surface area contributed by atoms with Crippen LogP contribution in [0, 0.1) is 6.92 Å². The summed E-state index contributed by atoms with van der Waals surface area (Å²) in [6, 6.07) is 5.31. The molecule has 0 radical (unpaired) electrons. The van der Waals surface area contributed by atoms with Crippen molar-refractivity contribution in [3.63, 3.8) is 0 Å². The molecular weight excluding hydrogens is 318 g/mol. The van der Waals surface area contributed by atoms with Crippen LogP contribution in [-0.4, -0.2) is 28.9 Å². The fraction of sp³-hybridized carbons (Fsp3) is 0.474. The van der Waals surface area contributed by atoms with Gasteiger partial charge in [-0.1, -0.05) is 0 Å². The van der Waals surface area contributed by atoms with Crippen LogP contribution < -0.4 is 14.8 Å². The first-order valence-electron chi connectivity index (χ1n) is 8.69. The van der Waals surface area contributed by atoms with Crippen molar-refractivity contribution in [3.05, 3.63) is 41.2 Å². The van der Waals surface area contributed by atoms with Crippen LogP contribution in [0.25, 0.3) is 0 Å². The Labute approximate surface area is 148 Å². The highest BCUT2D eigenvalue weighted by Crippen LogP contribution is 2.32. The first-order chi connectivity index (χ1) is 12.1. The Balaban J connectivity index is 1.70. The monoisotopic (exact) mass is 343 g/mol. The van der Waals surface area contributed by atoms with Gasteiger partial charge in [-0.2, -0.15) is 5.10 Å². The Morgan fingerprint density at radius 2 is 2.08 bits per heavy atom. The standard InChI is InChI=1S/C19H25N3O3/c1-13-15(12-21-22(13)2)11-20-19(23)14-8-9-17(24-3)18(10-14)25-16-6-4-5-7-16/h8-10,12,16H,4-7,11H2,1-3H3,(H,20,23). The molecule has 0 spiro atoms. The van der Waals surface area contributed by atoms with Crippen LogP contribution in [0.15, 0.2) is 24.4 Å². The highest BCUT2D eigenvalue weighted by Gasteiger charge is 2.19. The number of methoxy groups -OCH3 is 1. The molecule has 3 rings (SSSR count). The fourth-order valence-corrected chi connectivity index (χ4v) is 3.09. The van der Waals surface area contributed by atoms with Gasteiger partial charge in [-0.15, -0.1) is 0 Å². The van der Waals surface area contributed by atoms with E-state index >= 15 is 0 Å². The first kappa shape index (κ1) is 17.3. The predicted molar refractivity (Wildman–Crippen MR) is 95.0 cm³/mol. The third-order valence-corrected chi connectivity index (χ3v) is 4.80. The molecule has 134 valence electrons. The second-order valence-electron chi connectivity index (χ2n) is 6.45. The van der Waals surface area contributed by atoms with Crippen molar-refractivity contribution in [2.45, 2.75) is 45.3 Å². The Morgan fingerprint density at radius 1 is 1.32 bits per heavy atom. The maximum atomic E-state index is 12.5. The number of ether oxygens (including phenoxy) is 2. The maximum absolute atomic E-state index is 12.5. The van der Waals surface area contributed by atoms with Crippen LogP contribution in [-0.2, 0) is 13.6 Å². The zero-order chi connectivity index (χ0) is 17.8. The summed E-state index contributed by atoms with van der Waals surface area (Å²) in [5.41, 5.74) is 2.61. The van der Waals surface area contributed by atoms with Gasteiger partial charge in [0.15, 0.2) is 11.5 Å². The van der Waals surface area contributed by atoms with Crippen molar-refractivity contribution < 1.29 is 14.3 Å². The number of aromatic nitrogens is 2. The van der Waals surface area contributed by atoms with Gasteiger partial charge < -0.3 is 14.8 Å². The third kappa shape index (κ3) is 3.95. The lowest BCUT2D eigenvalue weighted by atomic mass is 10.1. The van der Waals surface area contributed by atoms with Gasteiger partial charge in [-0.25, -0.2) is 0 Å². The largest absolute Gasteiger partial charge is 0.493 e. The number of nitrogens with one attached hydrogen (secondary N) is 1. The average Bonchev–Trinajstić information content (AvgIpc) is 3.24. The second kappa shape index (κ2) is 7.59. The van der Waals surface area contributed by atoms with Crippen molar-refractivity contribution in [2.75, 3.05) is 7.11 Å². The molecule has 1 aliphatic rings. The summed E-state index contributed by atoms with van der Waals surface area (Å²) >= 11 is 0. The van der Waals surface area contributed by atoms with E-state index in [1.807, 2.05) is 14.0 Å². The molecule has 25 heavy (non-hydrogen) atoms. The fourth-order valence-electron chi connectivity index (χ4n) is 3.09. The van der Waals surface area contributed by atoms with E-state index in [0.717, 1.165) is 24.1 Å². The van der Waals surface area contributed by atoms with Crippen molar-refractivity contribution >= 4 is 5.91 Å². The number of hydrogen-bond donors (Lipinski definition) is 1. The molecule has 0 atom stereocenters. The lowest BCUT2D eigenvalue weighted by Gasteiger charge is -2.16. The summed E-state index contributed by atoms with van der Waals surface area (Å²) in [7, 11) is 3.50. The molecule has 1 fully saturated rings. The molecule has 0 aliphatic heterocycles. The second-order valence-corrected chi connectivity index (χ2v) is 6.45. The van der Waals surface area contributed by atoms with Crippen molar-refractivity contribution in [3.8, 4) is 11.5 Å². The summed E-state index contributed by atoms with van der Waals surface area (Å²) in [5.74, 6) is 1.16. The van der Waals surface area contributed by atoms with Crippen molar-refractivity contribution in [1.82, 2.24) is 15.1 Å². The predicted octanol–water partition coefficient (Wildman–Crippen LogP) is 2.99. The maximum Gasteiger partial charge on any atom is 0.251 e. The molecule has 0 unspecified atom stereocenters. The van der Waals surface area contributed by atoms with Crippen LogP contribution in [0.3, 0.4) is 0 Å². The highest BCUT2D eigenvalue weighted by atomic mass is 16.5. The molecule has 0 bridgehead atoms. The molecule has 6 heteroatoms. The van der Waals surface area contributed by atoms with E-state index in [0.29, 0.717) is 23.6 Å². The summed E-state index contributed by atoms with van der Waals surface area (Å²) < 4.78 is 13.2. The lowest BCUT2D eigenvalue weighted by molar-refractivity contribution is 0.0950. The average molecular weight is 343 g/mol. The number of benzene rings is 1. The van der Waals surface area contributed by atoms with Gasteiger partial charge in [0.05, 0.1) is 19.4 Å². The number of rotatable bonds is 6. The molecular formula is C19H25N3O3. The Kier molecular flexibility index (Phi) is 5.26. The molecule has 1 aliphatic carbocycles. The number of aryl methyl sites for hydroxylation is 1. The van der Waals surface area contributed by atoms with Crippen LogP contribution in [0.5, 0.6) is 11.5 Å². The van der Waals surface area contributed by atoms with E-state index in [9.17, 15) is 4.79 Å². The van der Waals surface area contributed by atoms with E-state index in [1.54, 1.807) is 36.2 Å². The van der Waals surface area contributed by atoms with E-state index in [1.165, 1.54) is 12.8 Å². The highest BCUT2D eigenvalue weighted by molar-refractivity contribution is 5.94. The number of nitrogens with zero attached hydrogens (tertiary/aromatic N) is 2. The SMILES string of the molecule is COc1ccc(C(=O)NCc2cnn(C)c2C)cc1OC1CCCC1. The molecule has 1 aromatic heterocycles. The minimum Gasteiger partial charge on any atom is -0.493 e. The minimum absolute atomic E-state index is 0.137. The molecule has 0 saturated heterocycles. The van der Waals surface area contributed by atoms with Gasteiger partial charge in [-0.3, -0.25) is 9.48 Å². The normalized spacial score (nSPS) is 14.5. The zero-order valence-corrected chi connectivity index (χ0v) is 15.0. The van der Waals surface area contributed by atoms with Crippen LogP contribution in [0.2, 0.25) is 0 Å².